The smallest absolute Gasteiger partial charge is 0.0129 e. The predicted octanol–water partition coefficient (Wildman–Crippen LogP) is 2.37. The van der Waals surface area contributed by atoms with Crippen LogP contribution in [0.2, 0.25) is 0 Å². The van der Waals surface area contributed by atoms with Gasteiger partial charge >= 0.3 is 0 Å². The zero-order valence-corrected chi connectivity index (χ0v) is 9.00. The van der Waals surface area contributed by atoms with Crippen molar-refractivity contribution in [1.82, 2.24) is 5.32 Å². The second-order valence-electron chi connectivity index (χ2n) is 3.39. The van der Waals surface area contributed by atoms with Crippen LogP contribution < -0.4 is 5.32 Å². The summed E-state index contributed by atoms with van der Waals surface area (Å²) >= 11 is 2.05. The summed E-state index contributed by atoms with van der Waals surface area (Å²) in [5.74, 6) is 3.36. The first-order valence-corrected chi connectivity index (χ1v) is 5.63. The molecule has 0 spiro atoms. The molecule has 0 aromatic carbocycles. The van der Waals surface area contributed by atoms with E-state index in [4.69, 9.17) is 0 Å². The van der Waals surface area contributed by atoms with Crippen molar-refractivity contribution in [2.24, 2.45) is 5.92 Å². The van der Waals surface area contributed by atoms with Gasteiger partial charge < -0.3 is 5.32 Å². The summed E-state index contributed by atoms with van der Waals surface area (Å²) < 4.78 is 0. The summed E-state index contributed by atoms with van der Waals surface area (Å²) in [7, 11) is 0. The van der Waals surface area contributed by atoms with E-state index in [0.717, 1.165) is 12.5 Å². The molecule has 0 aliphatic rings. The molecule has 0 amide bonds. The monoisotopic (exact) mass is 175 g/mol. The predicted molar refractivity (Wildman–Crippen MR) is 55.3 cm³/mol. The molecule has 0 saturated carbocycles. The van der Waals surface area contributed by atoms with E-state index in [1.54, 1.807) is 0 Å². The van der Waals surface area contributed by atoms with E-state index in [1.807, 2.05) is 11.8 Å². The summed E-state index contributed by atoms with van der Waals surface area (Å²) in [6.07, 6.45) is 0. The van der Waals surface area contributed by atoms with Crippen molar-refractivity contribution < 1.29 is 0 Å². The molecule has 0 aliphatic heterocycles. The van der Waals surface area contributed by atoms with E-state index >= 15 is 0 Å². The first-order chi connectivity index (χ1) is 5.16. The van der Waals surface area contributed by atoms with E-state index in [-0.39, 0.29) is 0 Å². The molecule has 11 heavy (non-hydrogen) atoms. The highest BCUT2D eigenvalue weighted by molar-refractivity contribution is 7.99. The van der Waals surface area contributed by atoms with E-state index in [2.05, 4.69) is 33.0 Å². The molecule has 1 N–H and O–H groups in total. The van der Waals surface area contributed by atoms with Gasteiger partial charge in [-0.25, -0.2) is 0 Å². The molecule has 2 heteroatoms. The minimum atomic E-state index is 0.670. The number of hydrogen-bond donors (Lipinski definition) is 1. The van der Waals surface area contributed by atoms with Crippen LogP contribution in [-0.4, -0.2) is 24.1 Å². The highest BCUT2D eigenvalue weighted by Crippen LogP contribution is 2.08. The summed E-state index contributed by atoms with van der Waals surface area (Å²) in [6, 6.07) is 0.670. The van der Waals surface area contributed by atoms with E-state index in [0.29, 0.717) is 6.04 Å². The van der Waals surface area contributed by atoms with Crippen LogP contribution in [0.4, 0.5) is 0 Å². The molecule has 68 valence electrons. The van der Waals surface area contributed by atoms with Crippen LogP contribution in [-0.2, 0) is 0 Å². The molecule has 1 unspecified atom stereocenters. The molecule has 0 aromatic rings. The lowest BCUT2D eigenvalue weighted by molar-refractivity contribution is 0.619. The minimum absolute atomic E-state index is 0.670. The van der Waals surface area contributed by atoms with Crippen molar-refractivity contribution in [2.45, 2.75) is 33.7 Å². The van der Waals surface area contributed by atoms with Gasteiger partial charge in [0, 0.05) is 11.8 Å². The van der Waals surface area contributed by atoms with Crippen molar-refractivity contribution in [1.29, 1.82) is 0 Å². The fraction of sp³-hybridized carbons (Fsp3) is 1.00. The Balaban J connectivity index is 3.10. The largest absolute Gasteiger partial charge is 0.314 e. The summed E-state index contributed by atoms with van der Waals surface area (Å²) in [5.41, 5.74) is 0. The van der Waals surface area contributed by atoms with Gasteiger partial charge in [0.25, 0.3) is 0 Å². The molecular formula is C9H21NS. The zero-order chi connectivity index (χ0) is 8.69. The lowest BCUT2D eigenvalue weighted by Crippen LogP contribution is -2.27. The Kier molecular flexibility index (Phi) is 7.18. The number of rotatable bonds is 6. The van der Waals surface area contributed by atoms with Gasteiger partial charge in [0.05, 0.1) is 0 Å². The first-order valence-electron chi connectivity index (χ1n) is 4.48. The molecule has 0 aromatic heterocycles. The zero-order valence-electron chi connectivity index (χ0n) is 8.18. The third kappa shape index (κ3) is 8.21. The molecule has 0 radical (unpaired) electrons. The molecule has 0 aliphatic carbocycles. The molecular weight excluding hydrogens is 154 g/mol. The summed E-state index contributed by atoms with van der Waals surface area (Å²) in [6.45, 7) is 10.0. The molecule has 1 atom stereocenters. The van der Waals surface area contributed by atoms with Crippen LogP contribution in [0.1, 0.15) is 27.7 Å². The Morgan fingerprint density at radius 1 is 1.18 bits per heavy atom. The van der Waals surface area contributed by atoms with Gasteiger partial charge in [-0.2, -0.15) is 11.8 Å². The third-order valence-corrected chi connectivity index (χ3v) is 3.01. The quantitative estimate of drug-likeness (QED) is 0.665. The third-order valence-electron chi connectivity index (χ3n) is 1.37. The van der Waals surface area contributed by atoms with Crippen molar-refractivity contribution in [3.63, 3.8) is 0 Å². The number of hydrogen-bond acceptors (Lipinski definition) is 2. The lowest BCUT2D eigenvalue weighted by Gasteiger charge is -2.12. The van der Waals surface area contributed by atoms with Gasteiger partial charge in [-0.1, -0.05) is 20.8 Å². The lowest BCUT2D eigenvalue weighted by atomic mass is 10.3. The maximum Gasteiger partial charge on any atom is 0.0129 e. The maximum absolute atomic E-state index is 3.40. The fourth-order valence-electron chi connectivity index (χ4n) is 0.888. The molecule has 1 nitrogen and oxygen atoms in total. The standard InChI is InChI=1S/C9H21NS/c1-5-10-9(4)7-11-6-8(2)3/h8-10H,5-7H2,1-4H3. The SMILES string of the molecule is CCNC(C)CSCC(C)C. The topological polar surface area (TPSA) is 12.0 Å². The average molecular weight is 175 g/mol. The van der Waals surface area contributed by atoms with Crippen molar-refractivity contribution in [2.75, 3.05) is 18.1 Å². The molecule has 0 bridgehead atoms. The molecule has 0 fully saturated rings. The maximum atomic E-state index is 3.40. The van der Waals surface area contributed by atoms with Crippen molar-refractivity contribution in [3.8, 4) is 0 Å². The second kappa shape index (κ2) is 6.99. The van der Waals surface area contributed by atoms with Gasteiger partial charge in [0.15, 0.2) is 0 Å². The van der Waals surface area contributed by atoms with Gasteiger partial charge in [-0.3, -0.25) is 0 Å². The van der Waals surface area contributed by atoms with Crippen LogP contribution in [0.5, 0.6) is 0 Å². The van der Waals surface area contributed by atoms with Crippen molar-refractivity contribution >= 4 is 11.8 Å². The van der Waals surface area contributed by atoms with E-state index in [9.17, 15) is 0 Å². The van der Waals surface area contributed by atoms with Gasteiger partial charge in [0.2, 0.25) is 0 Å². The van der Waals surface area contributed by atoms with E-state index in [1.165, 1.54) is 11.5 Å². The van der Waals surface area contributed by atoms with Crippen LogP contribution in [0, 0.1) is 5.92 Å². The normalized spacial score (nSPS) is 13.9. The van der Waals surface area contributed by atoms with Crippen LogP contribution in [0.25, 0.3) is 0 Å². The fourth-order valence-corrected chi connectivity index (χ4v) is 1.97. The van der Waals surface area contributed by atoms with Crippen LogP contribution in [0.15, 0.2) is 0 Å². The Labute approximate surface area is 75.3 Å². The average Bonchev–Trinajstić information content (AvgIpc) is 1.87. The Morgan fingerprint density at radius 2 is 1.82 bits per heavy atom. The van der Waals surface area contributed by atoms with Gasteiger partial charge in [-0.15, -0.1) is 0 Å². The number of thioether (sulfide) groups is 1. The summed E-state index contributed by atoms with van der Waals surface area (Å²) in [4.78, 5) is 0. The number of nitrogens with one attached hydrogen (secondary N) is 1. The minimum Gasteiger partial charge on any atom is -0.314 e. The molecule has 0 rings (SSSR count). The Morgan fingerprint density at radius 3 is 2.27 bits per heavy atom. The first kappa shape index (κ1) is 11.3. The molecule has 0 heterocycles. The Hall–Kier alpha value is 0.310. The Bertz CT molecular complexity index is 83.6. The van der Waals surface area contributed by atoms with Gasteiger partial charge in [-0.05, 0) is 25.1 Å². The molecule has 0 saturated heterocycles. The van der Waals surface area contributed by atoms with E-state index < -0.39 is 0 Å². The van der Waals surface area contributed by atoms with Crippen LogP contribution >= 0.6 is 11.8 Å². The summed E-state index contributed by atoms with van der Waals surface area (Å²) in [5, 5.41) is 3.40. The van der Waals surface area contributed by atoms with Gasteiger partial charge in [0.1, 0.15) is 0 Å². The highest BCUT2D eigenvalue weighted by atomic mass is 32.2. The van der Waals surface area contributed by atoms with Crippen molar-refractivity contribution in [3.05, 3.63) is 0 Å². The second-order valence-corrected chi connectivity index (χ2v) is 4.46. The van der Waals surface area contributed by atoms with Crippen LogP contribution in [0.3, 0.4) is 0 Å². The highest BCUT2D eigenvalue weighted by Gasteiger charge is 2.00.